The molecule has 1 N–H and O–H groups in total. The molecule has 0 aromatic heterocycles. The molecule has 0 aliphatic carbocycles. The zero-order valence-electron chi connectivity index (χ0n) is 11.4. The molecule has 1 aromatic carbocycles. The van der Waals surface area contributed by atoms with Crippen LogP contribution in [0.3, 0.4) is 0 Å². The van der Waals surface area contributed by atoms with Gasteiger partial charge in [-0.15, -0.1) is 0 Å². The molecular formula is C14H21Cl2NO. The van der Waals surface area contributed by atoms with Crippen LogP contribution in [0.2, 0.25) is 10.0 Å². The van der Waals surface area contributed by atoms with E-state index in [0.29, 0.717) is 28.4 Å². The Hall–Kier alpha value is -0.440. The quantitative estimate of drug-likeness (QED) is 0.838. The van der Waals surface area contributed by atoms with Crippen molar-refractivity contribution < 1.29 is 4.74 Å². The standard InChI is InChI=1S/C14H21Cl2NO/c1-10(2)17-8-14(3,4)9-18-13-6-5-11(15)7-12(13)16/h5-7,10,17H,8-9H2,1-4H3. The van der Waals surface area contributed by atoms with E-state index in [1.165, 1.54) is 0 Å². The lowest BCUT2D eigenvalue weighted by molar-refractivity contribution is 0.173. The van der Waals surface area contributed by atoms with E-state index in [1.807, 2.05) is 0 Å². The van der Waals surface area contributed by atoms with Gasteiger partial charge in [-0.25, -0.2) is 0 Å². The van der Waals surface area contributed by atoms with Crippen molar-refractivity contribution in [2.45, 2.75) is 33.7 Å². The molecule has 0 aliphatic heterocycles. The molecule has 4 heteroatoms. The number of halogens is 2. The van der Waals surface area contributed by atoms with Crippen LogP contribution in [0.15, 0.2) is 18.2 Å². The molecule has 0 fully saturated rings. The summed E-state index contributed by atoms with van der Waals surface area (Å²) in [7, 11) is 0. The minimum Gasteiger partial charge on any atom is -0.491 e. The fourth-order valence-corrected chi connectivity index (χ4v) is 1.86. The number of hydrogen-bond acceptors (Lipinski definition) is 2. The largest absolute Gasteiger partial charge is 0.491 e. The van der Waals surface area contributed by atoms with Gasteiger partial charge in [0.25, 0.3) is 0 Å². The maximum absolute atomic E-state index is 6.06. The first kappa shape index (κ1) is 15.6. The van der Waals surface area contributed by atoms with Gasteiger partial charge < -0.3 is 10.1 Å². The number of nitrogens with one attached hydrogen (secondary N) is 1. The van der Waals surface area contributed by atoms with Crippen LogP contribution in [-0.2, 0) is 0 Å². The number of hydrogen-bond donors (Lipinski definition) is 1. The van der Waals surface area contributed by atoms with Crippen molar-refractivity contribution in [3.8, 4) is 5.75 Å². The topological polar surface area (TPSA) is 21.3 Å². The lowest BCUT2D eigenvalue weighted by atomic mass is 9.94. The Balaban J connectivity index is 2.53. The molecular weight excluding hydrogens is 269 g/mol. The summed E-state index contributed by atoms with van der Waals surface area (Å²) in [5, 5.41) is 4.58. The zero-order valence-corrected chi connectivity index (χ0v) is 12.9. The fraction of sp³-hybridized carbons (Fsp3) is 0.571. The predicted molar refractivity (Wildman–Crippen MR) is 78.9 cm³/mol. The van der Waals surface area contributed by atoms with E-state index in [-0.39, 0.29) is 5.41 Å². The van der Waals surface area contributed by atoms with Gasteiger partial charge >= 0.3 is 0 Å². The summed E-state index contributed by atoms with van der Waals surface area (Å²) in [5.74, 6) is 0.679. The second-order valence-corrected chi connectivity index (χ2v) is 6.41. The van der Waals surface area contributed by atoms with E-state index in [4.69, 9.17) is 27.9 Å². The van der Waals surface area contributed by atoms with E-state index in [9.17, 15) is 0 Å². The molecule has 0 spiro atoms. The molecule has 0 unspecified atom stereocenters. The Bertz CT molecular complexity index is 391. The van der Waals surface area contributed by atoms with Crippen LogP contribution >= 0.6 is 23.2 Å². The third kappa shape index (κ3) is 5.47. The number of rotatable bonds is 6. The Morgan fingerprint density at radius 3 is 2.50 bits per heavy atom. The highest BCUT2D eigenvalue weighted by Gasteiger charge is 2.19. The predicted octanol–water partition coefficient (Wildman–Crippen LogP) is 4.40. The Morgan fingerprint density at radius 1 is 1.28 bits per heavy atom. The highest BCUT2D eigenvalue weighted by atomic mass is 35.5. The van der Waals surface area contributed by atoms with Crippen LogP contribution in [0, 0.1) is 5.41 Å². The van der Waals surface area contributed by atoms with Gasteiger partial charge in [-0.1, -0.05) is 50.9 Å². The molecule has 18 heavy (non-hydrogen) atoms. The summed E-state index contributed by atoms with van der Waals surface area (Å²) in [6, 6.07) is 5.75. The molecule has 0 aliphatic rings. The van der Waals surface area contributed by atoms with Crippen LogP contribution < -0.4 is 10.1 Å². The van der Waals surface area contributed by atoms with Gasteiger partial charge in [0.15, 0.2) is 0 Å². The number of ether oxygens (including phenoxy) is 1. The van der Waals surface area contributed by atoms with Gasteiger partial charge in [-0.2, -0.15) is 0 Å². The molecule has 0 bridgehead atoms. The Morgan fingerprint density at radius 2 is 1.94 bits per heavy atom. The molecule has 0 amide bonds. The van der Waals surface area contributed by atoms with E-state index >= 15 is 0 Å². The van der Waals surface area contributed by atoms with Gasteiger partial charge in [-0.3, -0.25) is 0 Å². The summed E-state index contributed by atoms with van der Waals surface area (Å²) in [6.45, 7) is 10.1. The maximum atomic E-state index is 6.06. The molecule has 102 valence electrons. The van der Waals surface area contributed by atoms with Crippen molar-refractivity contribution >= 4 is 23.2 Å². The molecule has 1 aromatic rings. The lowest BCUT2D eigenvalue weighted by Gasteiger charge is -2.26. The molecule has 0 saturated carbocycles. The van der Waals surface area contributed by atoms with Crippen LogP contribution in [0.1, 0.15) is 27.7 Å². The monoisotopic (exact) mass is 289 g/mol. The first-order valence-corrected chi connectivity index (χ1v) is 6.87. The minimum absolute atomic E-state index is 0.0488. The fourth-order valence-electron chi connectivity index (χ4n) is 1.40. The maximum Gasteiger partial charge on any atom is 0.138 e. The summed E-state index contributed by atoms with van der Waals surface area (Å²) in [5.41, 5.74) is 0.0488. The van der Waals surface area contributed by atoms with Crippen LogP contribution in [-0.4, -0.2) is 19.2 Å². The van der Waals surface area contributed by atoms with Crippen molar-refractivity contribution in [1.82, 2.24) is 5.32 Å². The lowest BCUT2D eigenvalue weighted by Crippen LogP contribution is -2.37. The smallest absolute Gasteiger partial charge is 0.138 e. The summed E-state index contributed by atoms with van der Waals surface area (Å²) in [6.07, 6.45) is 0. The first-order chi connectivity index (χ1) is 8.30. The summed E-state index contributed by atoms with van der Waals surface area (Å²) < 4.78 is 5.76. The molecule has 0 radical (unpaired) electrons. The normalized spacial score (nSPS) is 11.9. The van der Waals surface area contributed by atoms with Crippen molar-refractivity contribution in [2.75, 3.05) is 13.2 Å². The number of benzene rings is 1. The highest BCUT2D eigenvalue weighted by molar-refractivity contribution is 6.35. The van der Waals surface area contributed by atoms with Crippen LogP contribution in [0.4, 0.5) is 0 Å². The summed E-state index contributed by atoms with van der Waals surface area (Å²) >= 11 is 11.9. The Labute approximate surface area is 120 Å². The van der Waals surface area contributed by atoms with Gasteiger partial charge in [0, 0.05) is 23.0 Å². The summed E-state index contributed by atoms with van der Waals surface area (Å²) in [4.78, 5) is 0. The second-order valence-electron chi connectivity index (χ2n) is 5.56. The van der Waals surface area contributed by atoms with E-state index in [2.05, 4.69) is 33.0 Å². The molecule has 2 nitrogen and oxygen atoms in total. The average molecular weight is 290 g/mol. The average Bonchev–Trinajstić information content (AvgIpc) is 2.25. The van der Waals surface area contributed by atoms with Crippen LogP contribution in [0.25, 0.3) is 0 Å². The van der Waals surface area contributed by atoms with Crippen LogP contribution in [0.5, 0.6) is 5.75 Å². The van der Waals surface area contributed by atoms with Crippen molar-refractivity contribution in [3.63, 3.8) is 0 Å². The van der Waals surface area contributed by atoms with Gasteiger partial charge in [0.1, 0.15) is 5.75 Å². The van der Waals surface area contributed by atoms with Gasteiger partial charge in [0.2, 0.25) is 0 Å². The van der Waals surface area contributed by atoms with E-state index < -0.39 is 0 Å². The van der Waals surface area contributed by atoms with E-state index in [0.717, 1.165) is 6.54 Å². The Kier molecular flexibility index (Phi) is 5.77. The zero-order chi connectivity index (χ0) is 13.8. The highest BCUT2D eigenvalue weighted by Crippen LogP contribution is 2.29. The third-order valence-electron chi connectivity index (χ3n) is 2.50. The first-order valence-electron chi connectivity index (χ1n) is 6.11. The third-order valence-corrected chi connectivity index (χ3v) is 3.03. The minimum atomic E-state index is 0.0488. The second kappa shape index (κ2) is 6.65. The molecule has 0 saturated heterocycles. The van der Waals surface area contributed by atoms with Gasteiger partial charge in [-0.05, 0) is 18.2 Å². The van der Waals surface area contributed by atoms with Crippen molar-refractivity contribution in [3.05, 3.63) is 28.2 Å². The van der Waals surface area contributed by atoms with Gasteiger partial charge in [0.05, 0.1) is 11.6 Å². The molecule has 0 atom stereocenters. The molecule has 0 heterocycles. The van der Waals surface area contributed by atoms with Crippen molar-refractivity contribution in [1.29, 1.82) is 0 Å². The molecule has 1 rings (SSSR count). The van der Waals surface area contributed by atoms with Crippen molar-refractivity contribution in [2.24, 2.45) is 5.41 Å². The SMILES string of the molecule is CC(C)NCC(C)(C)COc1ccc(Cl)cc1Cl. The van der Waals surface area contributed by atoms with E-state index in [1.54, 1.807) is 18.2 Å².